The Labute approximate surface area is 139 Å². The molecule has 0 amide bonds. The van der Waals surface area contributed by atoms with E-state index < -0.39 is 0 Å². The van der Waals surface area contributed by atoms with Gasteiger partial charge in [0.25, 0.3) is 0 Å². The zero-order valence-electron chi connectivity index (χ0n) is 13.3. The first-order chi connectivity index (χ1) is 11.6. The zero-order valence-corrected chi connectivity index (χ0v) is 13.3. The van der Waals surface area contributed by atoms with Gasteiger partial charge in [0.15, 0.2) is 0 Å². The van der Waals surface area contributed by atoms with Crippen molar-refractivity contribution in [3.05, 3.63) is 65.9 Å². The van der Waals surface area contributed by atoms with Gasteiger partial charge in [-0.05, 0) is 24.3 Å². The van der Waals surface area contributed by atoms with E-state index in [4.69, 9.17) is 5.41 Å². The molecule has 0 saturated heterocycles. The van der Waals surface area contributed by atoms with Crippen molar-refractivity contribution in [3.63, 3.8) is 0 Å². The molecule has 1 aliphatic heterocycles. The van der Waals surface area contributed by atoms with Crippen molar-refractivity contribution in [2.24, 2.45) is 7.05 Å². The number of hydrogen-bond acceptors (Lipinski definition) is 4. The van der Waals surface area contributed by atoms with Crippen molar-refractivity contribution >= 4 is 22.4 Å². The smallest absolute Gasteiger partial charge is 0.148 e. The number of aromatic nitrogens is 3. The van der Waals surface area contributed by atoms with Crippen LogP contribution in [0.15, 0.2) is 54.4 Å². The summed E-state index contributed by atoms with van der Waals surface area (Å²) in [5, 5.41) is 18.9. The number of amidine groups is 1. The summed E-state index contributed by atoms with van der Waals surface area (Å²) in [6, 6.07) is 13.5. The number of fused-ring (bicyclic) bond motifs is 1. The summed E-state index contributed by atoms with van der Waals surface area (Å²) >= 11 is 0. The second-order valence-corrected chi connectivity index (χ2v) is 5.83. The van der Waals surface area contributed by atoms with Gasteiger partial charge in [-0.3, -0.25) is 10.4 Å². The van der Waals surface area contributed by atoms with E-state index in [0.717, 1.165) is 16.7 Å². The number of imidazole rings is 1. The minimum Gasteiger partial charge on any atom is -0.510 e. The van der Waals surface area contributed by atoms with Crippen molar-refractivity contribution in [1.82, 2.24) is 19.4 Å². The van der Waals surface area contributed by atoms with E-state index >= 15 is 0 Å². The molecule has 6 heteroatoms. The minimum absolute atomic E-state index is 0.175. The monoisotopic (exact) mass is 319 g/mol. The normalized spacial score (nSPS) is 14.9. The number of pyridine rings is 1. The fraction of sp³-hybridized carbons (Fsp3) is 0.167. The van der Waals surface area contributed by atoms with Crippen LogP contribution in [-0.2, 0) is 13.6 Å². The van der Waals surface area contributed by atoms with Crippen LogP contribution in [0.1, 0.15) is 11.5 Å². The molecule has 2 N–H and O–H groups in total. The summed E-state index contributed by atoms with van der Waals surface area (Å²) in [5.41, 5.74) is 3.18. The van der Waals surface area contributed by atoms with Crippen molar-refractivity contribution in [3.8, 4) is 0 Å². The lowest BCUT2D eigenvalue weighted by Gasteiger charge is -2.18. The molecular weight excluding hydrogens is 302 g/mol. The van der Waals surface area contributed by atoms with Crippen LogP contribution in [0.5, 0.6) is 0 Å². The van der Waals surface area contributed by atoms with Gasteiger partial charge >= 0.3 is 0 Å². The Morgan fingerprint density at radius 1 is 1.17 bits per heavy atom. The zero-order chi connectivity index (χ0) is 16.7. The molecule has 0 aliphatic carbocycles. The number of nitrogens with zero attached hydrogens (tertiary/aromatic N) is 4. The molecule has 2 aromatic heterocycles. The molecule has 0 spiro atoms. The number of nitrogens with one attached hydrogen (secondary N) is 1. The molecule has 4 rings (SSSR count). The first-order valence-corrected chi connectivity index (χ1v) is 7.73. The molecule has 0 unspecified atom stereocenters. The van der Waals surface area contributed by atoms with Crippen molar-refractivity contribution in [2.75, 3.05) is 6.54 Å². The Bertz CT molecular complexity index is 958. The molecule has 0 radical (unpaired) electrons. The number of aliphatic hydroxyl groups excluding tert-OH is 1. The van der Waals surface area contributed by atoms with Gasteiger partial charge in [0, 0.05) is 13.2 Å². The summed E-state index contributed by atoms with van der Waals surface area (Å²) in [7, 11) is 1.90. The van der Waals surface area contributed by atoms with E-state index in [1.807, 2.05) is 54.1 Å². The third-order valence-electron chi connectivity index (χ3n) is 4.27. The Morgan fingerprint density at radius 3 is 2.71 bits per heavy atom. The van der Waals surface area contributed by atoms with Gasteiger partial charge in [-0.2, -0.15) is 0 Å². The largest absolute Gasteiger partial charge is 0.510 e. The lowest BCUT2D eigenvalue weighted by atomic mass is 10.2. The van der Waals surface area contributed by atoms with Crippen LogP contribution in [0.25, 0.3) is 16.6 Å². The number of aliphatic hydroxyl groups is 1. The minimum atomic E-state index is 0.175. The van der Waals surface area contributed by atoms with Crippen LogP contribution in [0, 0.1) is 5.41 Å². The first kappa shape index (κ1) is 14.4. The van der Waals surface area contributed by atoms with E-state index in [0.29, 0.717) is 24.5 Å². The maximum atomic E-state index is 10.4. The second kappa shape index (κ2) is 5.49. The summed E-state index contributed by atoms with van der Waals surface area (Å²) in [6.45, 7) is 0.783. The Hall–Kier alpha value is -3.15. The highest BCUT2D eigenvalue weighted by Gasteiger charge is 2.31. The van der Waals surface area contributed by atoms with E-state index in [9.17, 15) is 5.11 Å². The Morgan fingerprint density at radius 2 is 1.96 bits per heavy atom. The van der Waals surface area contributed by atoms with Gasteiger partial charge < -0.3 is 14.6 Å². The topological polar surface area (TPSA) is 78.0 Å². The summed E-state index contributed by atoms with van der Waals surface area (Å²) in [6.07, 6.45) is 1.73. The lowest BCUT2D eigenvalue weighted by molar-refractivity contribution is 0.345. The maximum absolute atomic E-state index is 10.4. The Balaban J connectivity index is 1.69. The number of aryl methyl sites for hydroxylation is 1. The molecule has 0 fully saturated rings. The van der Waals surface area contributed by atoms with Crippen LogP contribution in [-0.4, -0.2) is 36.9 Å². The van der Waals surface area contributed by atoms with Gasteiger partial charge in [0.2, 0.25) is 0 Å². The molecule has 3 heterocycles. The third kappa shape index (κ3) is 2.23. The molecule has 24 heavy (non-hydrogen) atoms. The highest BCUT2D eigenvalue weighted by molar-refractivity contribution is 6.23. The highest BCUT2D eigenvalue weighted by Crippen LogP contribution is 2.29. The van der Waals surface area contributed by atoms with Gasteiger partial charge in [0.1, 0.15) is 17.4 Å². The summed E-state index contributed by atoms with van der Waals surface area (Å²) < 4.78 is 1.92. The molecule has 1 aromatic carbocycles. The molecule has 1 aliphatic rings. The number of rotatable bonds is 3. The summed E-state index contributed by atoms with van der Waals surface area (Å²) in [4.78, 5) is 10.7. The maximum Gasteiger partial charge on any atom is 0.148 e. The average Bonchev–Trinajstić information content (AvgIpc) is 3.06. The van der Waals surface area contributed by atoms with Crippen LogP contribution >= 0.6 is 0 Å². The quantitative estimate of drug-likeness (QED) is 0.778. The molecule has 0 bridgehead atoms. The van der Waals surface area contributed by atoms with Gasteiger partial charge in [-0.25, -0.2) is 4.98 Å². The predicted octanol–water partition coefficient (Wildman–Crippen LogP) is 2.73. The molecular formula is C18H17N5O. The molecule has 3 aromatic rings. The number of hydrogen-bond donors (Lipinski definition) is 2. The third-order valence-corrected chi connectivity index (χ3v) is 4.27. The van der Waals surface area contributed by atoms with Crippen molar-refractivity contribution in [2.45, 2.75) is 6.54 Å². The van der Waals surface area contributed by atoms with Crippen LogP contribution in [0.2, 0.25) is 0 Å². The van der Waals surface area contributed by atoms with Crippen molar-refractivity contribution < 1.29 is 5.11 Å². The Kier molecular flexibility index (Phi) is 3.30. The van der Waals surface area contributed by atoms with E-state index in [-0.39, 0.29) is 11.6 Å². The van der Waals surface area contributed by atoms with Crippen molar-refractivity contribution in [1.29, 1.82) is 5.41 Å². The predicted molar refractivity (Wildman–Crippen MR) is 92.6 cm³/mol. The fourth-order valence-corrected chi connectivity index (χ4v) is 3.06. The van der Waals surface area contributed by atoms with E-state index in [1.54, 1.807) is 11.1 Å². The molecule has 0 saturated carbocycles. The lowest BCUT2D eigenvalue weighted by Crippen LogP contribution is -2.26. The van der Waals surface area contributed by atoms with Crippen LogP contribution in [0.4, 0.5) is 0 Å². The fourth-order valence-electron chi connectivity index (χ4n) is 3.06. The highest BCUT2D eigenvalue weighted by atomic mass is 16.3. The first-order valence-electron chi connectivity index (χ1n) is 7.73. The summed E-state index contributed by atoms with van der Waals surface area (Å²) in [5.74, 6) is 1.06. The molecule has 0 atom stereocenters. The van der Waals surface area contributed by atoms with Crippen LogP contribution in [0.3, 0.4) is 0 Å². The van der Waals surface area contributed by atoms with Crippen LogP contribution < -0.4 is 0 Å². The standard InChI is InChI=1S/C18H17N5O/c1-22-14-8-3-2-7-13(14)21-18(22)16-15(24)11-23(17(16)19)10-12-6-4-5-9-20-12/h2-9,19,24H,10-11H2,1H3. The molecule has 120 valence electrons. The number of para-hydroxylation sites is 2. The number of benzene rings is 1. The molecule has 6 nitrogen and oxygen atoms in total. The average molecular weight is 319 g/mol. The van der Waals surface area contributed by atoms with E-state index in [2.05, 4.69) is 9.97 Å². The van der Waals surface area contributed by atoms with Gasteiger partial charge in [0.05, 0.1) is 35.4 Å². The SMILES string of the molecule is Cn1c(C2=C(O)CN(Cc3ccccn3)C2=N)nc2ccccc21. The second-order valence-electron chi connectivity index (χ2n) is 5.83. The van der Waals surface area contributed by atoms with E-state index in [1.165, 1.54) is 0 Å². The van der Waals surface area contributed by atoms with Gasteiger partial charge in [-0.15, -0.1) is 0 Å². The van der Waals surface area contributed by atoms with Gasteiger partial charge in [-0.1, -0.05) is 18.2 Å².